The van der Waals surface area contributed by atoms with Gasteiger partial charge in [0.25, 0.3) is 0 Å². The molecule has 4 rings (SSSR count). The van der Waals surface area contributed by atoms with Crippen molar-refractivity contribution in [2.24, 2.45) is 0 Å². The number of hydrogen-bond donors (Lipinski definition) is 2. The van der Waals surface area contributed by atoms with Crippen molar-refractivity contribution in [3.05, 3.63) is 81.0 Å². The Morgan fingerprint density at radius 2 is 1.69 bits per heavy atom. The molecule has 0 spiro atoms. The lowest BCUT2D eigenvalue weighted by Crippen LogP contribution is -2.23. The minimum atomic E-state index is -0.192. The zero-order chi connectivity index (χ0) is 25.3. The van der Waals surface area contributed by atoms with Crippen molar-refractivity contribution >= 4 is 0 Å². The molecular formula is C31H38O4. The van der Waals surface area contributed by atoms with Crippen molar-refractivity contribution in [3.8, 4) is 23.0 Å². The highest BCUT2D eigenvalue weighted by atomic mass is 16.5. The second-order valence-corrected chi connectivity index (χ2v) is 10.5. The van der Waals surface area contributed by atoms with Gasteiger partial charge in [-0.15, -0.1) is 0 Å². The molecule has 2 aliphatic rings. The van der Waals surface area contributed by atoms with Gasteiger partial charge in [0, 0.05) is 22.8 Å². The standard InChI is InChI=1S/C31H38O4/c1-18(2)8-7-9-20(5)11-12-22-15-25-28(16-27(22)32)34-17-26-24-14-21(6)29(33)23(13-10-19(3)4)30(24)35-31(25)26/h8,10-11,14-16,26,31-33H,7,9,12-13,17H2,1-6H3/b20-11+/t26-,31-/m0/s1. The van der Waals surface area contributed by atoms with Crippen molar-refractivity contribution in [2.75, 3.05) is 6.61 Å². The van der Waals surface area contributed by atoms with Crippen molar-refractivity contribution in [1.82, 2.24) is 0 Å². The SMILES string of the molecule is CC(C)=CCC/C(C)=C/Cc1cc2c(cc1O)OC[C@H]1c3cc(C)c(O)c(CC=C(C)C)c3O[C@@H]21. The van der Waals surface area contributed by atoms with E-state index in [1.807, 2.05) is 19.1 Å². The molecule has 35 heavy (non-hydrogen) atoms. The number of rotatable bonds is 7. The molecule has 0 bridgehead atoms. The van der Waals surface area contributed by atoms with E-state index in [0.29, 0.717) is 30.9 Å². The largest absolute Gasteiger partial charge is 0.508 e. The summed E-state index contributed by atoms with van der Waals surface area (Å²) in [5, 5.41) is 21.5. The van der Waals surface area contributed by atoms with E-state index >= 15 is 0 Å². The molecule has 4 heteroatoms. The molecule has 2 atom stereocenters. The molecule has 0 fully saturated rings. The third-order valence-electron chi connectivity index (χ3n) is 6.99. The average molecular weight is 475 g/mol. The first-order chi connectivity index (χ1) is 16.7. The molecule has 0 aliphatic carbocycles. The van der Waals surface area contributed by atoms with Gasteiger partial charge in [0.05, 0.1) is 12.5 Å². The van der Waals surface area contributed by atoms with E-state index in [0.717, 1.165) is 46.4 Å². The van der Waals surface area contributed by atoms with Crippen LogP contribution < -0.4 is 9.47 Å². The van der Waals surface area contributed by atoms with Gasteiger partial charge in [0.2, 0.25) is 0 Å². The molecule has 0 saturated heterocycles. The summed E-state index contributed by atoms with van der Waals surface area (Å²) in [5.74, 6) is 2.07. The Bertz CT molecular complexity index is 1210. The van der Waals surface area contributed by atoms with Crippen LogP contribution in [0.4, 0.5) is 0 Å². The highest BCUT2D eigenvalue weighted by Gasteiger charge is 2.43. The summed E-state index contributed by atoms with van der Waals surface area (Å²) >= 11 is 0. The van der Waals surface area contributed by atoms with Gasteiger partial charge in [-0.25, -0.2) is 0 Å². The normalized spacial score (nSPS) is 18.1. The summed E-state index contributed by atoms with van der Waals surface area (Å²) in [6, 6.07) is 5.80. The van der Waals surface area contributed by atoms with E-state index in [9.17, 15) is 10.2 Å². The van der Waals surface area contributed by atoms with Crippen molar-refractivity contribution in [2.45, 2.75) is 79.2 Å². The Labute approximate surface area is 209 Å². The smallest absolute Gasteiger partial charge is 0.138 e. The molecule has 0 amide bonds. The first-order valence-electron chi connectivity index (χ1n) is 12.6. The molecule has 0 aromatic heterocycles. The van der Waals surface area contributed by atoms with Gasteiger partial charge in [-0.2, -0.15) is 0 Å². The number of aromatic hydroxyl groups is 2. The number of hydrogen-bond acceptors (Lipinski definition) is 4. The maximum Gasteiger partial charge on any atom is 0.138 e. The summed E-state index contributed by atoms with van der Waals surface area (Å²) in [4.78, 5) is 0. The summed E-state index contributed by atoms with van der Waals surface area (Å²) in [6.45, 7) is 12.9. The van der Waals surface area contributed by atoms with Crippen molar-refractivity contribution in [1.29, 1.82) is 0 Å². The Kier molecular flexibility index (Phi) is 7.30. The Morgan fingerprint density at radius 1 is 0.943 bits per heavy atom. The Hall–Kier alpha value is -3.14. The number of fused-ring (bicyclic) bond motifs is 5. The second-order valence-electron chi connectivity index (χ2n) is 10.5. The molecule has 2 heterocycles. The topological polar surface area (TPSA) is 58.9 Å². The molecule has 4 nitrogen and oxygen atoms in total. The minimum Gasteiger partial charge on any atom is -0.508 e. The lowest BCUT2D eigenvalue weighted by Gasteiger charge is -2.28. The number of phenolic OH excluding ortho intramolecular Hbond substituents is 2. The highest BCUT2D eigenvalue weighted by molar-refractivity contribution is 5.60. The Balaban J connectivity index is 1.63. The van der Waals surface area contributed by atoms with Gasteiger partial charge in [-0.3, -0.25) is 0 Å². The zero-order valence-corrected chi connectivity index (χ0v) is 21.9. The fraction of sp³-hybridized carbons (Fsp3) is 0.419. The van der Waals surface area contributed by atoms with Crippen LogP contribution in [-0.2, 0) is 12.8 Å². The van der Waals surface area contributed by atoms with Gasteiger partial charge < -0.3 is 19.7 Å². The minimum absolute atomic E-state index is 0.0565. The van der Waals surface area contributed by atoms with Crippen LogP contribution in [0.15, 0.2) is 53.1 Å². The number of aryl methyl sites for hydroxylation is 1. The summed E-state index contributed by atoms with van der Waals surface area (Å²) < 4.78 is 12.7. The van der Waals surface area contributed by atoms with Gasteiger partial charge in [0.1, 0.15) is 29.1 Å². The molecule has 186 valence electrons. The number of allylic oxidation sites excluding steroid dienone is 6. The molecule has 2 aromatic carbocycles. The van der Waals surface area contributed by atoms with Crippen LogP contribution in [0, 0.1) is 6.92 Å². The van der Waals surface area contributed by atoms with Gasteiger partial charge in [-0.1, -0.05) is 34.9 Å². The maximum atomic E-state index is 10.8. The van der Waals surface area contributed by atoms with Gasteiger partial charge in [-0.05, 0) is 90.5 Å². The van der Waals surface area contributed by atoms with E-state index in [-0.39, 0.29) is 17.8 Å². The quantitative estimate of drug-likeness (QED) is 0.403. The van der Waals surface area contributed by atoms with Crippen molar-refractivity contribution in [3.63, 3.8) is 0 Å². The number of phenols is 2. The maximum absolute atomic E-state index is 10.8. The predicted molar refractivity (Wildman–Crippen MR) is 142 cm³/mol. The van der Waals surface area contributed by atoms with Gasteiger partial charge in [0.15, 0.2) is 0 Å². The Morgan fingerprint density at radius 3 is 2.40 bits per heavy atom. The van der Waals surface area contributed by atoms with E-state index in [1.54, 1.807) is 6.07 Å². The molecule has 0 radical (unpaired) electrons. The van der Waals surface area contributed by atoms with Gasteiger partial charge >= 0.3 is 0 Å². The summed E-state index contributed by atoms with van der Waals surface area (Å²) in [7, 11) is 0. The fourth-order valence-corrected chi connectivity index (χ4v) is 4.92. The number of ether oxygens (including phenoxy) is 2. The fourth-order valence-electron chi connectivity index (χ4n) is 4.92. The lowest BCUT2D eigenvalue weighted by atomic mass is 9.86. The zero-order valence-electron chi connectivity index (χ0n) is 21.9. The summed E-state index contributed by atoms with van der Waals surface area (Å²) in [5.41, 5.74) is 8.48. The van der Waals surface area contributed by atoms with E-state index < -0.39 is 0 Å². The van der Waals surface area contributed by atoms with Crippen LogP contribution >= 0.6 is 0 Å². The third-order valence-corrected chi connectivity index (χ3v) is 6.99. The molecule has 2 aromatic rings. The highest BCUT2D eigenvalue weighted by Crippen LogP contribution is 2.55. The first kappa shape index (κ1) is 25.0. The molecule has 2 aliphatic heterocycles. The second kappa shape index (κ2) is 10.2. The van der Waals surface area contributed by atoms with Crippen molar-refractivity contribution < 1.29 is 19.7 Å². The van der Waals surface area contributed by atoms with Crippen LogP contribution in [0.2, 0.25) is 0 Å². The van der Waals surface area contributed by atoms with E-state index in [1.165, 1.54) is 16.7 Å². The molecular weight excluding hydrogens is 436 g/mol. The van der Waals surface area contributed by atoms with Crippen LogP contribution in [0.1, 0.15) is 87.3 Å². The average Bonchev–Trinajstić information content (AvgIpc) is 3.16. The van der Waals surface area contributed by atoms with Crippen LogP contribution in [0.5, 0.6) is 23.0 Å². The van der Waals surface area contributed by atoms with Crippen LogP contribution in [-0.4, -0.2) is 16.8 Å². The summed E-state index contributed by atoms with van der Waals surface area (Å²) in [6.07, 6.45) is 9.72. The molecule has 2 N–H and O–H groups in total. The molecule has 0 saturated carbocycles. The van der Waals surface area contributed by atoms with E-state index in [4.69, 9.17) is 9.47 Å². The van der Waals surface area contributed by atoms with Crippen LogP contribution in [0.3, 0.4) is 0 Å². The third kappa shape index (κ3) is 5.27. The first-order valence-corrected chi connectivity index (χ1v) is 12.6. The van der Waals surface area contributed by atoms with E-state index in [2.05, 4.69) is 52.8 Å². The molecule has 0 unspecified atom stereocenters. The monoisotopic (exact) mass is 474 g/mol. The predicted octanol–water partition coefficient (Wildman–Crippen LogP) is 7.76. The number of benzene rings is 2. The van der Waals surface area contributed by atoms with Crippen LogP contribution in [0.25, 0.3) is 0 Å². The lowest BCUT2D eigenvalue weighted by molar-refractivity contribution is 0.138.